The van der Waals surface area contributed by atoms with Gasteiger partial charge in [-0.25, -0.2) is 0 Å². The van der Waals surface area contributed by atoms with Crippen molar-refractivity contribution in [2.24, 2.45) is 11.1 Å². The van der Waals surface area contributed by atoms with E-state index in [1.165, 1.54) is 6.42 Å². The van der Waals surface area contributed by atoms with E-state index in [9.17, 15) is 0 Å². The van der Waals surface area contributed by atoms with Crippen molar-refractivity contribution < 1.29 is 9.47 Å². The van der Waals surface area contributed by atoms with Crippen LogP contribution >= 0.6 is 0 Å². The Balaban J connectivity index is 2.33. The maximum absolute atomic E-state index is 6.02. The van der Waals surface area contributed by atoms with Crippen LogP contribution < -0.4 is 5.73 Å². The van der Waals surface area contributed by atoms with Crippen molar-refractivity contribution in [1.29, 1.82) is 0 Å². The van der Waals surface area contributed by atoms with Crippen molar-refractivity contribution in [2.45, 2.75) is 45.3 Å². The summed E-state index contributed by atoms with van der Waals surface area (Å²) in [5, 5.41) is 0. The summed E-state index contributed by atoms with van der Waals surface area (Å²) in [5.74, 6) is 0. The standard InChI is InChI=1S/C11H23NO2/c1-11(2)5-4-9(12)10(8-11)14-7-6-13-3/h9-10H,4-8,12H2,1-3H3. The molecule has 0 radical (unpaired) electrons. The number of rotatable bonds is 4. The van der Waals surface area contributed by atoms with E-state index in [0.717, 1.165) is 12.8 Å². The van der Waals surface area contributed by atoms with Gasteiger partial charge in [-0.15, -0.1) is 0 Å². The van der Waals surface area contributed by atoms with E-state index in [2.05, 4.69) is 13.8 Å². The Morgan fingerprint density at radius 1 is 1.36 bits per heavy atom. The number of hydrogen-bond acceptors (Lipinski definition) is 3. The SMILES string of the molecule is COCCOC1CC(C)(C)CCC1N. The maximum Gasteiger partial charge on any atom is 0.0732 e. The van der Waals surface area contributed by atoms with Crippen LogP contribution in [-0.4, -0.2) is 32.5 Å². The van der Waals surface area contributed by atoms with Gasteiger partial charge in [0.1, 0.15) is 0 Å². The molecule has 14 heavy (non-hydrogen) atoms. The lowest BCUT2D eigenvalue weighted by Crippen LogP contribution is -2.44. The molecule has 0 aromatic carbocycles. The smallest absolute Gasteiger partial charge is 0.0732 e. The average Bonchev–Trinajstić information content (AvgIpc) is 2.11. The first-order valence-electron chi connectivity index (χ1n) is 5.41. The Kier molecular flexibility index (Phi) is 4.35. The Labute approximate surface area is 86.9 Å². The molecule has 0 heterocycles. The van der Waals surface area contributed by atoms with E-state index in [-0.39, 0.29) is 12.1 Å². The highest BCUT2D eigenvalue weighted by Crippen LogP contribution is 2.35. The van der Waals surface area contributed by atoms with Crippen LogP contribution in [0, 0.1) is 5.41 Å². The Bertz CT molecular complexity index is 171. The molecule has 0 amide bonds. The molecule has 1 rings (SSSR count). The topological polar surface area (TPSA) is 44.5 Å². The number of nitrogens with two attached hydrogens (primary N) is 1. The van der Waals surface area contributed by atoms with E-state index < -0.39 is 0 Å². The van der Waals surface area contributed by atoms with Gasteiger partial charge in [0.15, 0.2) is 0 Å². The van der Waals surface area contributed by atoms with Gasteiger partial charge in [-0.3, -0.25) is 0 Å². The monoisotopic (exact) mass is 201 g/mol. The fourth-order valence-corrected chi connectivity index (χ4v) is 2.01. The van der Waals surface area contributed by atoms with Gasteiger partial charge >= 0.3 is 0 Å². The molecule has 3 nitrogen and oxygen atoms in total. The lowest BCUT2D eigenvalue weighted by molar-refractivity contribution is -0.0363. The van der Waals surface area contributed by atoms with Crippen LogP contribution in [0.1, 0.15) is 33.1 Å². The molecular formula is C11H23NO2. The van der Waals surface area contributed by atoms with Crippen molar-refractivity contribution in [3.8, 4) is 0 Å². The van der Waals surface area contributed by atoms with Crippen molar-refractivity contribution >= 4 is 0 Å². The number of hydrogen-bond donors (Lipinski definition) is 1. The van der Waals surface area contributed by atoms with Gasteiger partial charge in [0, 0.05) is 13.2 Å². The highest BCUT2D eigenvalue weighted by Gasteiger charge is 2.33. The molecule has 0 spiro atoms. The molecule has 0 aliphatic heterocycles. The minimum atomic E-state index is 0.208. The molecule has 3 heteroatoms. The van der Waals surface area contributed by atoms with Crippen LogP contribution in [0.2, 0.25) is 0 Å². The molecule has 0 bridgehead atoms. The summed E-state index contributed by atoms with van der Waals surface area (Å²) >= 11 is 0. The van der Waals surface area contributed by atoms with Crippen LogP contribution in [0.4, 0.5) is 0 Å². The summed E-state index contributed by atoms with van der Waals surface area (Å²) in [6.07, 6.45) is 3.56. The second-order valence-corrected chi connectivity index (χ2v) is 4.97. The van der Waals surface area contributed by atoms with E-state index in [0.29, 0.717) is 18.6 Å². The number of ether oxygens (including phenoxy) is 2. The highest BCUT2D eigenvalue weighted by atomic mass is 16.5. The van der Waals surface area contributed by atoms with E-state index in [1.807, 2.05) is 0 Å². The molecule has 0 saturated heterocycles. The van der Waals surface area contributed by atoms with E-state index in [4.69, 9.17) is 15.2 Å². The Morgan fingerprint density at radius 2 is 2.07 bits per heavy atom. The fourth-order valence-electron chi connectivity index (χ4n) is 2.01. The third-order valence-corrected chi connectivity index (χ3v) is 3.01. The quantitative estimate of drug-likeness (QED) is 0.702. The summed E-state index contributed by atoms with van der Waals surface area (Å²) in [7, 11) is 1.69. The van der Waals surface area contributed by atoms with Crippen molar-refractivity contribution in [3.63, 3.8) is 0 Å². The summed E-state index contributed by atoms with van der Waals surface area (Å²) in [6.45, 7) is 5.88. The first-order chi connectivity index (χ1) is 6.55. The van der Waals surface area contributed by atoms with Crippen LogP contribution in [-0.2, 0) is 9.47 Å². The molecule has 84 valence electrons. The highest BCUT2D eigenvalue weighted by molar-refractivity contribution is 4.87. The normalized spacial score (nSPS) is 31.7. The second kappa shape index (κ2) is 5.10. The Hall–Kier alpha value is -0.120. The molecule has 1 aliphatic carbocycles. The fraction of sp³-hybridized carbons (Fsp3) is 1.00. The number of methoxy groups -OCH3 is 1. The molecule has 0 aromatic rings. The minimum Gasteiger partial charge on any atom is -0.382 e. The maximum atomic E-state index is 6.02. The zero-order valence-electron chi connectivity index (χ0n) is 9.58. The lowest BCUT2D eigenvalue weighted by atomic mass is 9.74. The molecule has 1 fully saturated rings. The molecule has 2 N–H and O–H groups in total. The molecule has 2 unspecified atom stereocenters. The zero-order valence-corrected chi connectivity index (χ0v) is 9.58. The average molecular weight is 201 g/mol. The predicted octanol–water partition coefficient (Wildman–Crippen LogP) is 1.56. The molecule has 2 atom stereocenters. The van der Waals surface area contributed by atoms with E-state index >= 15 is 0 Å². The minimum absolute atomic E-state index is 0.208. The van der Waals surface area contributed by atoms with Gasteiger partial charge in [-0.1, -0.05) is 13.8 Å². The van der Waals surface area contributed by atoms with Crippen molar-refractivity contribution in [1.82, 2.24) is 0 Å². The summed E-state index contributed by atoms with van der Waals surface area (Å²) in [4.78, 5) is 0. The van der Waals surface area contributed by atoms with Gasteiger partial charge in [0.2, 0.25) is 0 Å². The summed E-state index contributed by atoms with van der Waals surface area (Å²) in [5.41, 5.74) is 6.40. The van der Waals surface area contributed by atoms with Gasteiger partial charge in [0.05, 0.1) is 19.3 Å². The van der Waals surface area contributed by atoms with Crippen molar-refractivity contribution in [3.05, 3.63) is 0 Å². The second-order valence-electron chi connectivity index (χ2n) is 4.97. The van der Waals surface area contributed by atoms with Gasteiger partial charge in [-0.05, 0) is 24.7 Å². The molecule has 1 saturated carbocycles. The molecule has 0 aromatic heterocycles. The van der Waals surface area contributed by atoms with E-state index in [1.54, 1.807) is 7.11 Å². The molecule has 1 aliphatic rings. The summed E-state index contributed by atoms with van der Waals surface area (Å²) < 4.78 is 10.7. The third-order valence-electron chi connectivity index (χ3n) is 3.01. The van der Waals surface area contributed by atoms with Crippen LogP contribution in [0.25, 0.3) is 0 Å². The largest absolute Gasteiger partial charge is 0.382 e. The van der Waals surface area contributed by atoms with Crippen LogP contribution in [0.5, 0.6) is 0 Å². The van der Waals surface area contributed by atoms with Gasteiger partial charge in [0.25, 0.3) is 0 Å². The van der Waals surface area contributed by atoms with Crippen molar-refractivity contribution in [2.75, 3.05) is 20.3 Å². The summed E-state index contributed by atoms with van der Waals surface area (Å²) in [6, 6.07) is 0.208. The first-order valence-corrected chi connectivity index (χ1v) is 5.41. The Morgan fingerprint density at radius 3 is 2.71 bits per heavy atom. The lowest BCUT2D eigenvalue weighted by Gasteiger charge is -2.38. The van der Waals surface area contributed by atoms with Crippen LogP contribution in [0.15, 0.2) is 0 Å². The third kappa shape index (κ3) is 3.56. The zero-order chi connectivity index (χ0) is 10.6. The van der Waals surface area contributed by atoms with Crippen LogP contribution in [0.3, 0.4) is 0 Å². The predicted molar refractivity (Wildman–Crippen MR) is 57.2 cm³/mol. The van der Waals surface area contributed by atoms with Gasteiger partial charge < -0.3 is 15.2 Å². The molecular weight excluding hydrogens is 178 g/mol. The first kappa shape index (κ1) is 12.0. The van der Waals surface area contributed by atoms with Gasteiger partial charge in [-0.2, -0.15) is 0 Å².